The number of anilines is 1. The van der Waals surface area contributed by atoms with Crippen molar-refractivity contribution in [1.82, 2.24) is 19.4 Å². The van der Waals surface area contributed by atoms with Crippen LogP contribution in [-0.4, -0.2) is 49.8 Å². The number of piperidine rings is 1. The van der Waals surface area contributed by atoms with Gasteiger partial charge in [0.05, 0.1) is 5.69 Å². The number of nitrogens with zero attached hydrogens (tertiary/aromatic N) is 4. The Morgan fingerprint density at radius 2 is 1.96 bits per heavy atom. The molecule has 0 aromatic carbocycles. The highest BCUT2D eigenvalue weighted by molar-refractivity contribution is 5.66. The maximum atomic E-state index is 12.2. The third-order valence-corrected chi connectivity index (χ3v) is 4.87. The molecular formula is C16H17N5O3. The number of pyridine rings is 1. The highest BCUT2D eigenvalue weighted by Crippen LogP contribution is 2.46. The van der Waals surface area contributed by atoms with Crippen LogP contribution in [0.25, 0.3) is 11.3 Å². The molecule has 8 heteroatoms. The quantitative estimate of drug-likeness (QED) is 0.867. The second kappa shape index (κ2) is 5.33. The van der Waals surface area contributed by atoms with Gasteiger partial charge in [0.15, 0.2) is 0 Å². The van der Waals surface area contributed by atoms with Crippen LogP contribution in [0.3, 0.4) is 0 Å². The van der Waals surface area contributed by atoms with Crippen molar-refractivity contribution in [3.63, 3.8) is 0 Å². The van der Waals surface area contributed by atoms with Gasteiger partial charge in [-0.2, -0.15) is 0 Å². The van der Waals surface area contributed by atoms with Crippen molar-refractivity contribution in [2.75, 3.05) is 18.4 Å². The third-order valence-electron chi connectivity index (χ3n) is 4.87. The molecule has 0 radical (unpaired) electrons. The second-order valence-electron chi connectivity index (χ2n) is 6.28. The second-order valence-corrected chi connectivity index (χ2v) is 6.28. The zero-order chi connectivity index (χ0) is 16.8. The monoisotopic (exact) mass is 327 g/mol. The van der Waals surface area contributed by atoms with Gasteiger partial charge < -0.3 is 15.3 Å². The fourth-order valence-electron chi connectivity index (χ4n) is 3.38. The van der Waals surface area contributed by atoms with Crippen LogP contribution in [0.4, 0.5) is 10.7 Å². The Balaban J connectivity index is 1.56. The number of nitrogens with one attached hydrogen (secondary N) is 1. The molecular weight excluding hydrogens is 310 g/mol. The zero-order valence-corrected chi connectivity index (χ0v) is 13.1. The highest BCUT2D eigenvalue weighted by Gasteiger charge is 2.57. The van der Waals surface area contributed by atoms with E-state index in [2.05, 4.69) is 15.3 Å². The Kier molecular flexibility index (Phi) is 3.26. The van der Waals surface area contributed by atoms with Crippen molar-refractivity contribution in [3.05, 3.63) is 40.9 Å². The number of rotatable bonds is 3. The zero-order valence-electron chi connectivity index (χ0n) is 13.1. The largest absolute Gasteiger partial charge is 0.465 e. The van der Waals surface area contributed by atoms with E-state index in [1.165, 1.54) is 15.5 Å². The summed E-state index contributed by atoms with van der Waals surface area (Å²) < 4.78 is 1.48. The Bertz CT molecular complexity index is 839. The lowest BCUT2D eigenvalue weighted by molar-refractivity contribution is 0.150. The molecule has 0 spiro atoms. The summed E-state index contributed by atoms with van der Waals surface area (Å²) in [6.45, 7) is 1.07. The molecule has 1 amide bonds. The summed E-state index contributed by atoms with van der Waals surface area (Å²) in [6, 6.07) is 5.29. The van der Waals surface area contributed by atoms with E-state index >= 15 is 0 Å². The molecule has 4 rings (SSSR count). The molecule has 2 aliphatic rings. The van der Waals surface area contributed by atoms with Gasteiger partial charge in [0.25, 0.3) is 5.56 Å². The Morgan fingerprint density at radius 3 is 2.58 bits per heavy atom. The number of hydrogen-bond donors (Lipinski definition) is 2. The molecule has 1 aliphatic carbocycles. The van der Waals surface area contributed by atoms with E-state index in [-0.39, 0.29) is 11.6 Å². The number of hydrogen-bond acceptors (Lipinski definition) is 5. The van der Waals surface area contributed by atoms with E-state index in [0.717, 1.165) is 5.56 Å². The van der Waals surface area contributed by atoms with Gasteiger partial charge in [0.2, 0.25) is 5.95 Å². The molecule has 1 aliphatic heterocycles. The van der Waals surface area contributed by atoms with Gasteiger partial charge >= 0.3 is 6.09 Å². The molecule has 2 aromatic heterocycles. The maximum absolute atomic E-state index is 12.2. The molecule has 3 atom stereocenters. The highest BCUT2D eigenvalue weighted by atomic mass is 16.4. The first kappa shape index (κ1) is 14.7. The first-order valence-corrected chi connectivity index (χ1v) is 7.77. The summed E-state index contributed by atoms with van der Waals surface area (Å²) in [5.41, 5.74) is 1.29. The van der Waals surface area contributed by atoms with Gasteiger partial charge in [0.1, 0.15) is 0 Å². The fraction of sp³-hybridized carbons (Fsp3) is 0.375. The van der Waals surface area contributed by atoms with E-state index in [1.807, 2.05) is 12.1 Å². The summed E-state index contributed by atoms with van der Waals surface area (Å²) in [7, 11) is 1.68. The molecule has 2 N–H and O–H groups in total. The van der Waals surface area contributed by atoms with Crippen molar-refractivity contribution in [1.29, 1.82) is 0 Å². The van der Waals surface area contributed by atoms with Crippen molar-refractivity contribution in [2.24, 2.45) is 18.9 Å². The van der Waals surface area contributed by atoms with Crippen LogP contribution >= 0.6 is 0 Å². The van der Waals surface area contributed by atoms with Gasteiger partial charge in [-0.15, -0.1) is 0 Å². The topological polar surface area (TPSA) is 100 Å². The molecule has 1 saturated carbocycles. The average Bonchev–Trinajstić information content (AvgIpc) is 3.02. The summed E-state index contributed by atoms with van der Waals surface area (Å²) in [5.74, 6) is 1.10. The summed E-state index contributed by atoms with van der Waals surface area (Å²) in [6.07, 6.45) is 2.45. The first-order valence-electron chi connectivity index (χ1n) is 7.77. The number of likely N-dealkylation sites (tertiary alicyclic amines) is 1. The maximum Gasteiger partial charge on any atom is 0.407 e. The van der Waals surface area contributed by atoms with Crippen LogP contribution in [0, 0.1) is 11.8 Å². The molecule has 3 heterocycles. The van der Waals surface area contributed by atoms with Crippen LogP contribution in [0.1, 0.15) is 0 Å². The smallest absolute Gasteiger partial charge is 0.407 e. The minimum atomic E-state index is -0.869. The third kappa shape index (κ3) is 2.40. The molecule has 1 unspecified atom stereocenters. The molecule has 24 heavy (non-hydrogen) atoms. The van der Waals surface area contributed by atoms with Crippen molar-refractivity contribution >= 4 is 12.0 Å². The fourth-order valence-corrected chi connectivity index (χ4v) is 3.38. The molecule has 0 bridgehead atoms. The number of carboxylic acid groups (broad SMARTS) is 1. The summed E-state index contributed by atoms with van der Waals surface area (Å²) >= 11 is 0. The number of carbonyl (C=O) groups is 1. The average molecular weight is 327 g/mol. The molecule has 8 nitrogen and oxygen atoms in total. The Labute approximate surface area is 137 Å². The van der Waals surface area contributed by atoms with E-state index in [9.17, 15) is 9.59 Å². The summed E-state index contributed by atoms with van der Waals surface area (Å²) in [5, 5.41) is 12.3. The van der Waals surface area contributed by atoms with Gasteiger partial charge in [-0.3, -0.25) is 14.3 Å². The summed E-state index contributed by atoms with van der Waals surface area (Å²) in [4.78, 5) is 33.1. The van der Waals surface area contributed by atoms with Crippen molar-refractivity contribution in [3.8, 4) is 11.3 Å². The SMILES string of the molecule is Cn1c(NC2[C@H]3CN(C(=O)O)C[C@@H]23)nc(-c2ccncc2)cc1=O. The van der Waals surface area contributed by atoms with Gasteiger partial charge in [-0.1, -0.05) is 0 Å². The lowest BCUT2D eigenvalue weighted by Crippen LogP contribution is -2.33. The van der Waals surface area contributed by atoms with Crippen LogP contribution < -0.4 is 10.9 Å². The lowest BCUT2D eigenvalue weighted by Gasteiger charge is -2.17. The van der Waals surface area contributed by atoms with Gasteiger partial charge in [-0.05, 0) is 12.1 Å². The van der Waals surface area contributed by atoms with Gasteiger partial charge in [-0.25, -0.2) is 9.78 Å². The molecule has 124 valence electrons. The van der Waals surface area contributed by atoms with Crippen molar-refractivity contribution < 1.29 is 9.90 Å². The number of aromatic nitrogens is 3. The predicted molar refractivity (Wildman–Crippen MR) is 86.7 cm³/mol. The lowest BCUT2D eigenvalue weighted by atomic mass is 10.2. The normalized spacial score (nSPS) is 24.5. The number of amides is 1. The Hall–Kier alpha value is -2.90. The minimum Gasteiger partial charge on any atom is -0.465 e. The van der Waals surface area contributed by atoms with Gasteiger partial charge in [0, 0.05) is 62.0 Å². The van der Waals surface area contributed by atoms with Crippen LogP contribution in [0.15, 0.2) is 35.4 Å². The minimum absolute atomic E-state index is 0.141. The van der Waals surface area contributed by atoms with E-state index in [4.69, 9.17) is 5.11 Å². The predicted octanol–water partition coefficient (Wildman–Crippen LogP) is 0.862. The van der Waals surface area contributed by atoms with E-state index in [0.29, 0.717) is 36.6 Å². The first-order chi connectivity index (χ1) is 11.5. The molecule has 1 saturated heterocycles. The van der Waals surface area contributed by atoms with Crippen molar-refractivity contribution in [2.45, 2.75) is 6.04 Å². The number of fused-ring (bicyclic) bond motifs is 1. The molecule has 2 fully saturated rings. The standard InChI is InChI=1S/C16H17N5O3/c1-20-13(22)6-12(9-2-4-17-5-3-9)18-15(20)19-14-10-7-21(16(23)24)8-11(10)14/h2-6,10-11,14H,7-8H2,1H3,(H,18,19)(H,23,24)/t10-,11+,14?. The van der Waals surface area contributed by atoms with Crippen LogP contribution in [0.5, 0.6) is 0 Å². The van der Waals surface area contributed by atoms with E-state index < -0.39 is 6.09 Å². The Morgan fingerprint density at radius 1 is 1.29 bits per heavy atom. The van der Waals surface area contributed by atoms with E-state index in [1.54, 1.807) is 19.4 Å². The van der Waals surface area contributed by atoms with Crippen LogP contribution in [0.2, 0.25) is 0 Å². The molecule has 2 aromatic rings. The van der Waals surface area contributed by atoms with Crippen LogP contribution in [-0.2, 0) is 7.05 Å².